The Bertz CT molecular complexity index is 735. The highest BCUT2D eigenvalue weighted by Crippen LogP contribution is 2.25. The van der Waals surface area contributed by atoms with Crippen LogP contribution >= 0.6 is 0 Å². The number of carbonyl (C=O) groups is 1. The van der Waals surface area contributed by atoms with E-state index in [0.717, 1.165) is 17.0 Å². The molecule has 0 radical (unpaired) electrons. The van der Waals surface area contributed by atoms with Gasteiger partial charge in [-0.15, -0.1) is 0 Å². The third kappa shape index (κ3) is 2.99. The number of anilines is 1. The maximum atomic E-state index is 11.8. The van der Waals surface area contributed by atoms with Gasteiger partial charge < -0.3 is 5.32 Å². The van der Waals surface area contributed by atoms with Gasteiger partial charge in [-0.05, 0) is 39.8 Å². The molecule has 0 spiro atoms. The second-order valence-electron chi connectivity index (χ2n) is 5.11. The van der Waals surface area contributed by atoms with E-state index in [1.54, 1.807) is 6.07 Å². The van der Waals surface area contributed by atoms with Gasteiger partial charge in [0.25, 0.3) is 5.56 Å². The summed E-state index contributed by atoms with van der Waals surface area (Å²) in [5, 5.41) is 7.00. The molecule has 110 valence electrons. The minimum Gasteiger partial charge on any atom is -0.327 e. The molecule has 0 saturated heterocycles. The highest BCUT2D eigenvalue weighted by molar-refractivity contribution is 5.76. The molecule has 1 N–H and O–H groups in total. The van der Waals surface area contributed by atoms with Gasteiger partial charge in [-0.1, -0.05) is 0 Å². The van der Waals surface area contributed by atoms with Crippen LogP contribution in [0.5, 0.6) is 0 Å². The van der Waals surface area contributed by atoms with Crippen molar-refractivity contribution in [2.45, 2.75) is 33.7 Å². The van der Waals surface area contributed by atoms with Crippen LogP contribution in [0.1, 0.15) is 31.3 Å². The molecule has 0 aliphatic carbocycles. The molecule has 6 nitrogen and oxygen atoms in total. The highest BCUT2D eigenvalue weighted by Gasteiger charge is 2.11. The van der Waals surface area contributed by atoms with Gasteiger partial charge in [0.2, 0.25) is 6.41 Å². The van der Waals surface area contributed by atoms with E-state index in [1.807, 2.05) is 33.8 Å². The quantitative estimate of drug-likeness (QED) is 0.873. The monoisotopic (exact) mass is 286 g/mol. The normalized spacial score (nSPS) is 10.7. The fraction of sp³-hybridized carbons (Fsp3) is 0.333. The highest BCUT2D eigenvalue weighted by atomic mass is 16.1. The number of aryl methyl sites for hydroxylation is 2. The number of amides is 1. The Morgan fingerprint density at radius 1 is 1.24 bits per heavy atom. The van der Waals surface area contributed by atoms with Crippen LogP contribution in [0.2, 0.25) is 0 Å². The Morgan fingerprint density at radius 3 is 2.57 bits per heavy atom. The summed E-state index contributed by atoms with van der Waals surface area (Å²) in [4.78, 5) is 26.8. The number of nitrogens with zero attached hydrogens (tertiary/aromatic N) is 3. The average molecular weight is 286 g/mol. The first-order valence-electron chi connectivity index (χ1n) is 6.72. The Balaban J connectivity index is 2.61. The lowest BCUT2D eigenvalue weighted by molar-refractivity contribution is -0.105. The molecule has 2 heterocycles. The first-order chi connectivity index (χ1) is 9.93. The first kappa shape index (κ1) is 14.9. The van der Waals surface area contributed by atoms with Crippen molar-refractivity contribution in [1.82, 2.24) is 14.8 Å². The van der Waals surface area contributed by atoms with Gasteiger partial charge in [-0.3, -0.25) is 14.6 Å². The zero-order chi connectivity index (χ0) is 15.6. The van der Waals surface area contributed by atoms with Crippen molar-refractivity contribution in [2.24, 2.45) is 0 Å². The standard InChI is InChI=1S/C15H18N4O2/c1-9(2)19-15(21)6-5-13(18-19)12-7-14(16-8-20)11(4)17-10(12)3/h5-9H,1-4H3,(H,16,20). The van der Waals surface area contributed by atoms with Crippen LogP contribution in [-0.2, 0) is 4.79 Å². The number of rotatable bonds is 4. The summed E-state index contributed by atoms with van der Waals surface area (Å²) in [5.41, 5.74) is 3.47. The van der Waals surface area contributed by atoms with E-state index in [2.05, 4.69) is 15.4 Å². The summed E-state index contributed by atoms with van der Waals surface area (Å²) in [7, 11) is 0. The lowest BCUT2D eigenvalue weighted by Crippen LogP contribution is -2.24. The Kier molecular flexibility index (Phi) is 4.16. The van der Waals surface area contributed by atoms with Crippen LogP contribution in [-0.4, -0.2) is 21.2 Å². The summed E-state index contributed by atoms with van der Waals surface area (Å²) in [6.45, 7) is 7.50. The molecule has 0 unspecified atom stereocenters. The van der Waals surface area contributed by atoms with Crippen molar-refractivity contribution in [2.75, 3.05) is 5.32 Å². The van der Waals surface area contributed by atoms with Crippen molar-refractivity contribution < 1.29 is 4.79 Å². The number of hydrogen-bond acceptors (Lipinski definition) is 4. The summed E-state index contributed by atoms with van der Waals surface area (Å²) in [6, 6.07) is 4.97. The largest absolute Gasteiger partial charge is 0.327 e. The van der Waals surface area contributed by atoms with E-state index in [-0.39, 0.29) is 11.6 Å². The van der Waals surface area contributed by atoms with Crippen molar-refractivity contribution in [1.29, 1.82) is 0 Å². The predicted molar refractivity (Wildman–Crippen MR) is 81.3 cm³/mol. The number of hydrogen-bond donors (Lipinski definition) is 1. The van der Waals surface area contributed by atoms with E-state index in [1.165, 1.54) is 10.7 Å². The van der Waals surface area contributed by atoms with Crippen LogP contribution in [0.25, 0.3) is 11.3 Å². The summed E-state index contributed by atoms with van der Waals surface area (Å²) in [5.74, 6) is 0. The fourth-order valence-corrected chi connectivity index (χ4v) is 2.13. The number of pyridine rings is 1. The van der Waals surface area contributed by atoms with Crippen molar-refractivity contribution >= 4 is 12.1 Å². The van der Waals surface area contributed by atoms with Gasteiger partial charge >= 0.3 is 0 Å². The minimum absolute atomic E-state index is 0.0243. The van der Waals surface area contributed by atoms with Gasteiger partial charge in [-0.25, -0.2) is 4.68 Å². The molecule has 0 saturated carbocycles. The second-order valence-corrected chi connectivity index (χ2v) is 5.11. The summed E-state index contributed by atoms with van der Waals surface area (Å²) >= 11 is 0. The molecule has 1 amide bonds. The smallest absolute Gasteiger partial charge is 0.267 e. The number of carbonyl (C=O) groups excluding carboxylic acids is 1. The third-order valence-corrected chi connectivity index (χ3v) is 3.21. The molecule has 0 aromatic carbocycles. The van der Waals surface area contributed by atoms with Gasteiger partial charge in [0, 0.05) is 17.3 Å². The minimum atomic E-state index is -0.141. The Labute approximate surface area is 122 Å². The molecule has 0 fully saturated rings. The van der Waals surface area contributed by atoms with E-state index in [4.69, 9.17) is 0 Å². The SMILES string of the molecule is Cc1nc(C)c(-c2ccc(=O)n(C(C)C)n2)cc1NC=O. The number of nitrogens with one attached hydrogen (secondary N) is 1. The van der Waals surface area contributed by atoms with Crippen molar-refractivity contribution in [3.05, 3.63) is 39.9 Å². The second kappa shape index (κ2) is 5.87. The molecular formula is C15H18N4O2. The molecule has 0 aliphatic heterocycles. The van der Waals surface area contributed by atoms with Crippen LogP contribution in [0.3, 0.4) is 0 Å². The van der Waals surface area contributed by atoms with Crippen LogP contribution in [0.4, 0.5) is 5.69 Å². The zero-order valence-corrected chi connectivity index (χ0v) is 12.5. The molecule has 2 aromatic rings. The molecule has 2 aromatic heterocycles. The van der Waals surface area contributed by atoms with Gasteiger partial charge in [-0.2, -0.15) is 5.10 Å². The van der Waals surface area contributed by atoms with Crippen molar-refractivity contribution in [3.8, 4) is 11.3 Å². The zero-order valence-electron chi connectivity index (χ0n) is 12.5. The molecule has 0 atom stereocenters. The molecule has 21 heavy (non-hydrogen) atoms. The van der Waals surface area contributed by atoms with E-state index >= 15 is 0 Å². The molecule has 6 heteroatoms. The van der Waals surface area contributed by atoms with Gasteiger partial charge in [0.15, 0.2) is 0 Å². The van der Waals surface area contributed by atoms with Gasteiger partial charge in [0.05, 0.1) is 23.1 Å². The van der Waals surface area contributed by atoms with Crippen LogP contribution in [0.15, 0.2) is 23.0 Å². The summed E-state index contributed by atoms with van der Waals surface area (Å²) < 4.78 is 1.43. The molecular weight excluding hydrogens is 268 g/mol. The van der Waals surface area contributed by atoms with E-state index in [0.29, 0.717) is 17.8 Å². The molecule has 2 rings (SSSR count). The lowest BCUT2D eigenvalue weighted by atomic mass is 10.1. The van der Waals surface area contributed by atoms with Gasteiger partial charge in [0.1, 0.15) is 0 Å². The maximum Gasteiger partial charge on any atom is 0.267 e. The van der Waals surface area contributed by atoms with E-state index in [9.17, 15) is 9.59 Å². The van der Waals surface area contributed by atoms with Crippen LogP contribution in [0, 0.1) is 13.8 Å². The first-order valence-corrected chi connectivity index (χ1v) is 6.72. The van der Waals surface area contributed by atoms with E-state index < -0.39 is 0 Å². The fourth-order valence-electron chi connectivity index (χ4n) is 2.13. The summed E-state index contributed by atoms with van der Waals surface area (Å²) in [6.07, 6.45) is 0.617. The topological polar surface area (TPSA) is 76.9 Å². The molecule has 0 bridgehead atoms. The molecule has 0 aliphatic rings. The Hall–Kier alpha value is -2.50. The third-order valence-electron chi connectivity index (χ3n) is 3.21. The Morgan fingerprint density at radius 2 is 1.95 bits per heavy atom. The predicted octanol–water partition coefficient (Wildman–Crippen LogP) is 2.07. The maximum absolute atomic E-state index is 11.8. The number of aromatic nitrogens is 3. The van der Waals surface area contributed by atoms with Crippen molar-refractivity contribution in [3.63, 3.8) is 0 Å². The van der Waals surface area contributed by atoms with Crippen LogP contribution < -0.4 is 10.9 Å². The lowest BCUT2D eigenvalue weighted by Gasteiger charge is -2.13. The average Bonchev–Trinajstić information content (AvgIpc) is 2.42.